The molecule has 2 aromatic rings. The van der Waals surface area contributed by atoms with Gasteiger partial charge in [0.05, 0.1) is 12.3 Å². The molecule has 0 bridgehead atoms. The number of aromatic nitrogens is 3. The fourth-order valence-electron chi connectivity index (χ4n) is 4.13. The van der Waals surface area contributed by atoms with E-state index in [-0.39, 0.29) is 5.91 Å². The van der Waals surface area contributed by atoms with Gasteiger partial charge in [-0.25, -0.2) is 0 Å². The van der Waals surface area contributed by atoms with Gasteiger partial charge >= 0.3 is 0 Å². The van der Waals surface area contributed by atoms with Crippen LogP contribution in [0.3, 0.4) is 0 Å². The van der Waals surface area contributed by atoms with Crippen LogP contribution in [0.15, 0.2) is 35.5 Å². The summed E-state index contributed by atoms with van der Waals surface area (Å²) in [5.41, 5.74) is 1.24. The van der Waals surface area contributed by atoms with Crippen molar-refractivity contribution in [2.75, 3.05) is 5.75 Å². The Morgan fingerprint density at radius 2 is 1.93 bits per heavy atom. The van der Waals surface area contributed by atoms with Gasteiger partial charge in [-0.1, -0.05) is 68.8 Å². The molecule has 150 valence electrons. The second kappa shape index (κ2) is 8.68. The van der Waals surface area contributed by atoms with Crippen molar-refractivity contribution in [1.82, 2.24) is 20.1 Å². The van der Waals surface area contributed by atoms with Crippen LogP contribution in [0.2, 0.25) is 0 Å². The van der Waals surface area contributed by atoms with E-state index in [1.807, 2.05) is 6.07 Å². The van der Waals surface area contributed by atoms with Crippen molar-refractivity contribution in [1.29, 1.82) is 0 Å². The summed E-state index contributed by atoms with van der Waals surface area (Å²) in [5, 5.41) is 13.0. The second-order valence-corrected chi connectivity index (χ2v) is 9.36. The van der Waals surface area contributed by atoms with E-state index in [2.05, 4.69) is 58.2 Å². The van der Waals surface area contributed by atoms with Crippen LogP contribution in [0.25, 0.3) is 0 Å². The maximum Gasteiger partial charge on any atom is 0.230 e. The number of nitrogens with zero attached hydrogens (tertiary/aromatic N) is 3. The summed E-state index contributed by atoms with van der Waals surface area (Å²) in [7, 11) is 0. The minimum absolute atomic E-state index is 0.109. The Labute approximate surface area is 171 Å². The molecule has 0 radical (unpaired) electrons. The van der Waals surface area contributed by atoms with Gasteiger partial charge in [-0.2, -0.15) is 0 Å². The molecule has 0 aliphatic heterocycles. The summed E-state index contributed by atoms with van der Waals surface area (Å²) >= 11 is 1.51. The first-order valence-electron chi connectivity index (χ1n) is 10.5. The average Bonchev–Trinajstić information content (AvgIpc) is 3.47. The average molecular weight is 399 g/mol. The summed E-state index contributed by atoms with van der Waals surface area (Å²) in [6.45, 7) is 5.32. The first-order chi connectivity index (χ1) is 13.6. The Bertz CT molecular complexity index is 802. The number of benzene rings is 1. The quantitative estimate of drug-likeness (QED) is 0.709. The Hall–Kier alpha value is -1.82. The number of hydrogen-bond donors (Lipinski definition) is 1. The molecule has 2 aliphatic rings. The molecule has 28 heavy (non-hydrogen) atoms. The van der Waals surface area contributed by atoms with E-state index < -0.39 is 0 Å². The molecule has 5 nitrogen and oxygen atoms in total. The predicted octanol–water partition coefficient (Wildman–Crippen LogP) is 4.24. The third kappa shape index (κ3) is 4.59. The molecule has 2 aliphatic carbocycles. The van der Waals surface area contributed by atoms with E-state index >= 15 is 0 Å². The third-order valence-electron chi connectivity index (χ3n) is 6.26. The third-order valence-corrected chi connectivity index (χ3v) is 7.22. The predicted molar refractivity (Wildman–Crippen MR) is 112 cm³/mol. The first kappa shape index (κ1) is 19.5. The highest BCUT2D eigenvalue weighted by Gasteiger charge is 2.31. The SMILES string of the molecule is C[C@H]1[C@@H](NC(=O)CSc2nnc(C3CC3)n2Cc2ccccc2)CCC[C@@H]1C. The lowest BCUT2D eigenvalue weighted by molar-refractivity contribution is -0.120. The van der Waals surface area contributed by atoms with Crippen molar-refractivity contribution in [2.24, 2.45) is 11.8 Å². The normalized spacial score (nSPS) is 24.9. The van der Waals surface area contributed by atoms with E-state index in [9.17, 15) is 4.79 Å². The molecule has 6 heteroatoms. The van der Waals surface area contributed by atoms with Gasteiger partial charge in [0.2, 0.25) is 5.91 Å². The van der Waals surface area contributed by atoms with Crippen LogP contribution in [0, 0.1) is 11.8 Å². The van der Waals surface area contributed by atoms with Gasteiger partial charge < -0.3 is 9.88 Å². The zero-order valence-corrected chi connectivity index (χ0v) is 17.6. The number of hydrogen-bond acceptors (Lipinski definition) is 4. The van der Waals surface area contributed by atoms with Crippen molar-refractivity contribution < 1.29 is 4.79 Å². The number of carbonyl (C=O) groups excluding carboxylic acids is 1. The minimum Gasteiger partial charge on any atom is -0.352 e. The summed E-state index contributed by atoms with van der Waals surface area (Å²) in [6.07, 6.45) is 5.96. The lowest BCUT2D eigenvalue weighted by atomic mass is 9.78. The molecule has 2 saturated carbocycles. The molecule has 1 amide bonds. The highest BCUT2D eigenvalue weighted by molar-refractivity contribution is 7.99. The summed E-state index contributed by atoms with van der Waals surface area (Å²) in [5.74, 6) is 3.34. The number of thioether (sulfide) groups is 1. The highest BCUT2D eigenvalue weighted by Crippen LogP contribution is 2.40. The molecular weight excluding hydrogens is 368 g/mol. The van der Waals surface area contributed by atoms with Crippen LogP contribution in [-0.4, -0.2) is 32.5 Å². The Morgan fingerprint density at radius 3 is 2.68 bits per heavy atom. The standard InChI is InChI=1S/C22H30N4OS/c1-15-7-6-10-19(16(15)2)23-20(27)14-28-22-25-24-21(18-11-12-18)26(22)13-17-8-4-3-5-9-17/h3-5,8-9,15-16,18-19H,6-7,10-14H2,1-2H3,(H,23,27)/t15-,16+,19-/m0/s1. The fourth-order valence-corrected chi connectivity index (χ4v) is 4.89. The van der Waals surface area contributed by atoms with Gasteiger partial charge in [-0.15, -0.1) is 10.2 Å². The van der Waals surface area contributed by atoms with E-state index in [1.54, 1.807) is 0 Å². The molecule has 0 unspecified atom stereocenters. The smallest absolute Gasteiger partial charge is 0.230 e. The molecule has 0 spiro atoms. The molecule has 1 heterocycles. The van der Waals surface area contributed by atoms with Gasteiger partial charge in [0.15, 0.2) is 5.16 Å². The summed E-state index contributed by atoms with van der Waals surface area (Å²) < 4.78 is 2.20. The summed E-state index contributed by atoms with van der Waals surface area (Å²) in [6, 6.07) is 10.7. The molecule has 0 saturated heterocycles. The number of rotatable bonds is 7. The molecule has 2 fully saturated rings. The van der Waals surface area contributed by atoms with Crippen LogP contribution in [-0.2, 0) is 11.3 Å². The van der Waals surface area contributed by atoms with Crippen LogP contribution in [0.1, 0.15) is 63.3 Å². The lowest BCUT2D eigenvalue weighted by Gasteiger charge is -2.34. The first-order valence-corrected chi connectivity index (χ1v) is 11.5. The fraction of sp³-hybridized carbons (Fsp3) is 0.591. The van der Waals surface area contributed by atoms with Crippen molar-refractivity contribution in [3.05, 3.63) is 41.7 Å². The van der Waals surface area contributed by atoms with E-state index in [0.29, 0.717) is 29.5 Å². The molecule has 3 atom stereocenters. The van der Waals surface area contributed by atoms with Gasteiger partial charge in [-0.05, 0) is 36.7 Å². The van der Waals surface area contributed by atoms with Crippen LogP contribution >= 0.6 is 11.8 Å². The van der Waals surface area contributed by atoms with Gasteiger partial charge in [0.1, 0.15) is 5.82 Å². The van der Waals surface area contributed by atoms with Crippen LogP contribution in [0.5, 0.6) is 0 Å². The van der Waals surface area contributed by atoms with E-state index in [1.165, 1.54) is 43.0 Å². The van der Waals surface area contributed by atoms with E-state index in [0.717, 1.165) is 23.9 Å². The van der Waals surface area contributed by atoms with Gasteiger partial charge in [0, 0.05) is 12.0 Å². The minimum atomic E-state index is 0.109. The zero-order valence-electron chi connectivity index (χ0n) is 16.8. The van der Waals surface area contributed by atoms with Crippen molar-refractivity contribution in [3.8, 4) is 0 Å². The van der Waals surface area contributed by atoms with Crippen LogP contribution < -0.4 is 5.32 Å². The molecule has 4 rings (SSSR count). The van der Waals surface area contributed by atoms with E-state index in [4.69, 9.17) is 0 Å². The Balaban J connectivity index is 1.39. The topological polar surface area (TPSA) is 59.8 Å². The lowest BCUT2D eigenvalue weighted by Crippen LogP contribution is -2.44. The highest BCUT2D eigenvalue weighted by atomic mass is 32.2. The number of carbonyl (C=O) groups is 1. The Morgan fingerprint density at radius 1 is 1.14 bits per heavy atom. The van der Waals surface area contributed by atoms with Crippen LogP contribution in [0.4, 0.5) is 0 Å². The largest absolute Gasteiger partial charge is 0.352 e. The monoisotopic (exact) mass is 398 g/mol. The Kier molecular flexibility index (Phi) is 6.04. The summed E-state index contributed by atoms with van der Waals surface area (Å²) in [4.78, 5) is 12.6. The molecule has 1 aromatic heterocycles. The maximum atomic E-state index is 12.6. The van der Waals surface area contributed by atoms with Crippen molar-refractivity contribution in [3.63, 3.8) is 0 Å². The van der Waals surface area contributed by atoms with Gasteiger partial charge in [-0.3, -0.25) is 4.79 Å². The number of nitrogens with one attached hydrogen (secondary N) is 1. The maximum absolute atomic E-state index is 12.6. The molecule has 1 N–H and O–H groups in total. The van der Waals surface area contributed by atoms with Crippen molar-refractivity contribution >= 4 is 17.7 Å². The zero-order chi connectivity index (χ0) is 19.5. The second-order valence-electron chi connectivity index (χ2n) is 8.42. The molecule has 1 aromatic carbocycles. The van der Waals surface area contributed by atoms with Gasteiger partial charge in [0.25, 0.3) is 0 Å². The number of amides is 1. The molecular formula is C22H30N4OS. The van der Waals surface area contributed by atoms with Crippen molar-refractivity contribution in [2.45, 2.75) is 69.6 Å².